The number of H-pyrrole nitrogens is 1. The molecule has 4 rings (SSSR count). The maximum Gasteiger partial charge on any atom is 2.00 e. The molecule has 0 bridgehead atoms. The van der Waals surface area contributed by atoms with E-state index >= 15 is 0 Å². The van der Waals surface area contributed by atoms with E-state index in [1.807, 2.05) is 0 Å². The summed E-state index contributed by atoms with van der Waals surface area (Å²) in [6.07, 6.45) is 13.8. The van der Waals surface area contributed by atoms with Gasteiger partial charge in [-0.2, -0.15) is 12.8 Å². The van der Waals surface area contributed by atoms with Crippen molar-refractivity contribution in [2.45, 2.75) is 76.7 Å². The molecule has 0 radical (unpaired) electrons. The average molecular weight is 442 g/mol. The monoisotopic (exact) mass is 442 g/mol. The molecule has 2 aliphatic carbocycles. The second-order valence-corrected chi connectivity index (χ2v) is 8.17. The fraction of sp³-hybridized carbons (Fsp3) is 0.591. The van der Waals surface area contributed by atoms with Crippen LogP contribution in [0.25, 0.3) is 11.1 Å². The zero-order chi connectivity index (χ0) is 19.0. The third-order valence-electron chi connectivity index (χ3n) is 6.38. The summed E-state index contributed by atoms with van der Waals surface area (Å²) in [6, 6.07) is 0.108. The van der Waals surface area contributed by atoms with Crippen LogP contribution in [0.3, 0.4) is 0 Å². The molecule has 1 unspecified atom stereocenters. The molecule has 1 atom stereocenters. The molecular weight excluding hydrogens is 412 g/mol. The van der Waals surface area contributed by atoms with Gasteiger partial charge in [-0.3, -0.25) is 19.5 Å². The molecule has 0 aliphatic heterocycles. The number of hydrogen-bond acceptors (Lipinski definition) is 4. The Morgan fingerprint density at radius 1 is 1.03 bits per heavy atom. The first-order valence-corrected chi connectivity index (χ1v) is 10.3. The first-order valence-electron chi connectivity index (χ1n) is 10.3. The number of aromatic hydroxyl groups is 1. The largest absolute Gasteiger partial charge is 2.00 e. The Morgan fingerprint density at radius 2 is 1.76 bits per heavy atom. The molecule has 1 aromatic carbocycles. The van der Waals surface area contributed by atoms with E-state index in [1.165, 1.54) is 19.3 Å². The van der Waals surface area contributed by atoms with E-state index in [9.17, 15) is 19.5 Å². The van der Waals surface area contributed by atoms with Crippen LogP contribution >= 0.6 is 0 Å². The summed E-state index contributed by atoms with van der Waals surface area (Å²) in [6.45, 7) is 0. The Bertz CT molecular complexity index is 939. The Labute approximate surface area is 181 Å². The summed E-state index contributed by atoms with van der Waals surface area (Å²) >= 11 is 0. The van der Waals surface area contributed by atoms with Gasteiger partial charge in [0.25, 0.3) is 11.0 Å². The summed E-state index contributed by atoms with van der Waals surface area (Å²) in [7, 11) is 0. The van der Waals surface area contributed by atoms with Gasteiger partial charge in [0.1, 0.15) is 0 Å². The van der Waals surface area contributed by atoms with Crippen LogP contribution in [0.4, 0.5) is 0 Å². The molecule has 0 saturated heterocycles. The van der Waals surface area contributed by atoms with Crippen molar-refractivity contribution in [2.24, 2.45) is 5.92 Å². The minimum Gasteiger partial charge on any atom is -0.503 e. The summed E-state index contributed by atoms with van der Waals surface area (Å²) in [5, 5.41) is 13.1. The number of aromatic nitrogens is 2. The Morgan fingerprint density at radius 3 is 2.38 bits per heavy atom. The second-order valence-electron chi connectivity index (χ2n) is 8.17. The van der Waals surface area contributed by atoms with Crippen molar-refractivity contribution in [3.8, 4) is 16.9 Å². The Hall–Kier alpha value is -1.59. The zero-order valence-corrected chi connectivity index (χ0v) is 18.1. The van der Waals surface area contributed by atoms with Gasteiger partial charge in [-0.15, -0.1) is 0 Å². The van der Waals surface area contributed by atoms with Crippen molar-refractivity contribution in [1.29, 1.82) is 0 Å². The number of nitrogens with zero attached hydrogens (tertiary/aromatic N) is 1. The second kappa shape index (κ2) is 9.94. The average Bonchev–Trinajstić information content (AvgIpc) is 3.32. The molecule has 0 spiro atoms. The van der Waals surface area contributed by atoms with Crippen LogP contribution < -0.4 is 16.4 Å². The number of aryl methyl sites for hydroxylation is 1. The smallest absolute Gasteiger partial charge is 0.503 e. The van der Waals surface area contributed by atoms with Crippen molar-refractivity contribution in [3.05, 3.63) is 50.3 Å². The predicted octanol–water partition coefficient (Wildman–Crippen LogP) is 3.43. The van der Waals surface area contributed by atoms with Gasteiger partial charge in [0, 0.05) is 5.69 Å². The molecule has 29 heavy (non-hydrogen) atoms. The molecule has 0 amide bonds. The van der Waals surface area contributed by atoms with Gasteiger partial charge in [-0.1, -0.05) is 38.0 Å². The first kappa shape index (κ1) is 23.7. The normalized spacial score (nSPS) is 19.8. The van der Waals surface area contributed by atoms with Gasteiger partial charge in [0.15, 0.2) is 5.75 Å². The van der Waals surface area contributed by atoms with Crippen LogP contribution in [-0.4, -0.2) is 14.9 Å². The Kier molecular flexibility index (Phi) is 8.12. The van der Waals surface area contributed by atoms with Crippen LogP contribution in [0.1, 0.15) is 75.9 Å². The van der Waals surface area contributed by atoms with E-state index < -0.39 is 16.6 Å². The van der Waals surface area contributed by atoms with Crippen molar-refractivity contribution < 1.29 is 22.2 Å². The van der Waals surface area contributed by atoms with Crippen LogP contribution in [-0.2, 0) is 23.5 Å². The van der Waals surface area contributed by atoms with E-state index in [0.29, 0.717) is 18.0 Å². The molecular formula is C22H30FeN2O4. The van der Waals surface area contributed by atoms with Gasteiger partial charge in [-0.25, -0.2) is 4.68 Å². The molecule has 1 aromatic heterocycles. The third kappa shape index (κ3) is 4.46. The van der Waals surface area contributed by atoms with Gasteiger partial charge in [0.05, 0.1) is 17.2 Å². The van der Waals surface area contributed by atoms with Gasteiger partial charge < -0.3 is 19.0 Å². The van der Waals surface area contributed by atoms with E-state index in [4.69, 9.17) is 0 Å². The Balaban J connectivity index is 0.00000150. The van der Waals surface area contributed by atoms with Gasteiger partial charge in [0.2, 0.25) is 5.43 Å². The van der Waals surface area contributed by atoms with Crippen LogP contribution in [0.5, 0.6) is 5.75 Å². The molecule has 2 N–H and O–H groups in total. The molecule has 2 saturated carbocycles. The predicted molar refractivity (Wildman–Crippen MR) is 110 cm³/mol. The van der Waals surface area contributed by atoms with Crippen LogP contribution in [0.2, 0.25) is 0 Å². The van der Waals surface area contributed by atoms with Crippen molar-refractivity contribution in [3.63, 3.8) is 0 Å². The third-order valence-corrected chi connectivity index (χ3v) is 6.38. The fourth-order valence-electron chi connectivity index (χ4n) is 4.80. The molecule has 1 heterocycles. The summed E-state index contributed by atoms with van der Waals surface area (Å²) in [4.78, 5) is 36.6. The standard InChI is InChI=1S/C21H27N2O4.CH3.Fe/c24-18-17(19(25)20(18)26)16-15(12-6-9-13-7-4-5-8-13)22-23(21(16)27)14-10-2-1-3-11-14;;/h4,13-14,22,24H,1-3,5-12H2;1H3;/q2*-1;+2. The molecule has 160 valence electrons. The van der Waals surface area contributed by atoms with Gasteiger partial charge in [-0.05, 0) is 25.7 Å². The number of rotatable bonds is 6. The minimum atomic E-state index is -0.887. The first-order chi connectivity index (χ1) is 13.1. The van der Waals surface area contributed by atoms with Crippen molar-refractivity contribution in [2.75, 3.05) is 0 Å². The topological polar surface area (TPSA) is 92.2 Å². The zero-order valence-electron chi connectivity index (χ0n) is 17.0. The molecule has 2 aromatic rings. The van der Waals surface area contributed by atoms with Crippen molar-refractivity contribution >= 4 is 0 Å². The van der Waals surface area contributed by atoms with Crippen LogP contribution in [0.15, 0.2) is 14.4 Å². The summed E-state index contributed by atoms with van der Waals surface area (Å²) in [5.41, 5.74) is -1.07. The maximum atomic E-state index is 13.1. The molecule has 7 heteroatoms. The quantitative estimate of drug-likeness (QED) is 0.408. The summed E-state index contributed by atoms with van der Waals surface area (Å²) in [5.74, 6) is 0.152. The molecule has 2 fully saturated rings. The van der Waals surface area contributed by atoms with Crippen molar-refractivity contribution in [1.82, 2.24) is 9.78 Å². The van der Waals surface area contributed by atoms with E-state index in [1.54, 1.807) is 4.68 Å². The molecule has 2 aliphatic rings. The minimum absolute atomic E-state index is 0. The maximum absolute atomic E-state index is 13.1. The SMILES string of the molecule is O=c1c(O)c(-c2c(CCCC3C[CH-]CC3)[nH]n(C3CCCCC3)c2=O)c1=O.[CH3-].[Fe+2]. The van der Waals surface area contributed by atoms with Crippen LogP contribution in [0, 0.1) is 19.8 Å². The number of nitrogens with one attached hydrogen (secondary N) is 1. The van der Waals surface area contributed by atoms with E-state index in [-0.39, 0.29) is 47.2 Å². The number of hydrogen-bond donors (Lipinski definition) is 2. The fourth-order valence-corrected chi connectivity index (χ4v) is 4.80. The molecule has 6 nitrogen and oxygen atoms in total. The number of aromatic amines is 1. The van der Waals surface area contributed by atoms with E-state index in [2.05, 4.69) is 11.5 Å². The van der Waals surface area contributed by atoms with Gasteiger partial charge >= 0.3 is 17.1 Å². The van der Waals surface area contributed by atoms with E-state index in [0.717, 1.165) is 44.9 Å². The summed E-state index contributed by atoms with van der Waals surface area (Å²) < 4.78 is 1.64.